The molecule has 1 aliphatic rings. The fourth-order valence-corrected chi connectivity index (χ4v) is 2.72. The number of carbonyl (C=O) groups is 1. The molecule has 1 saturated heterocycles. The maximum atomic E-state index is 12.5. The molecule has 0 bridgehead atoms. The Labute approximate surface area is 142 Å². The number of amides is 2. The average Bonchev–Trinajstić information content (AvgIpc) is 3.03. The molecule has 2 heterocycles. The van der Waals surface area contributed by atoms with Crippen molar-refractivity contribution in [2.24, 2.45) is 0 Å². The molecule has 1 aromatic heterocycles. The van der Waals surface area contributed by atoms with Crippen LogP contribution < -0.4 is 15.5 Å². The molecule has 1 fully saturated rings. The lowest BCUT2D eigenvalue weighted by atomic mass is 10.2. The van der Waals surface area contributed by atoms with Crippen molar-refractivity contribution in [2.75, 3.05) is 23.3 Å². The van der Waals surface area contributed by atoms with Crippen molar-refractivity contribution in [1.29, 1.82) is 0 Å². The van der Waals surface area contributed by atoms with Gasteiger partial charge in [0.05, 0.1) is 5.56 Å². The number of urea groups is 1. The molecule has 8 heteroatoms. The minimum absolute atomic E-state index is 0.0449. The molecular formula is C17H17F3N4O. The van der Waals surface area contributed by atoms with Gasteiger partial charge in [0.2, 0.25) is 0 Å². The lowest BCUT2D eigenvalue weighted by Crippen LogP contribution is -2.39. The number of nitrogens with zero attached hydrogens (tertiary/aromatic N) is 2. The third-order valence-electron chi connectivity index (χ3n) is 3.97. The van der Waals surface area contributed by atoms with Gasteiger partial charge in [-0.05, 0) is 42.8 Å². The van der Waals surface area contributed by atoms with Crippen LogP contribution in [0.5, 0.6) is 0 Å². The zero-order chi connectivity index (χ0) is 17.9. The van der Waals surface area contributed by atoms with Crippen molar-refractivity contribution >= 4 is 17.5 Å². The first-order valence-corrected chi connectivity index (χ1v) is 7.82. The molecule has 132 valence electrons. The highest BCUT2D eigenvalue weighted by atomic mass is 19.4. The second-order valence-corrected chi connectivity index (χ2v) is 5.79. The Kier molecular flexibility index (Phi) is 4.78. The quantitative estimate of drug-likeness (QED) is 0.891. The Hall–Kier alpha value is -2.77. The molecule has 0 radical (unpaired) electrons. The number of aromatic nitrogens is 1. The summed E-state index contributed by atoms with van der Waals surface area (Å²) >= 11 is 0. The van der Waals surface area contributed by atoms with Crippen molar-refractivity contribution in [3.63, 3.8) is 0 Å². The van der Waals surface area contributed by atoms with E-state index >= 15 is 0 Å². The summed E-state index contributed by atoms with van der Waals surface area (Å²) in [5.41, 5.74) is -0.440. The Morgan fingerprint density at radius 3 is 2.56 bits per heavy atom. The van der Waals surface area contributed by atoms with Gasteiger partial charge in [-0.2, -0.15) is 13.2 Å². The first kappa shape index (κ1) is 17.1. The number of benzene rings is 1. The van der Waals surface area contributed by atoms with E-state index in [0.717, 1.165) is 30.9 Å². The smallest absolute Gasteiger partial charge is 0.354 e. The largest absolute Gasteiger partial charge is 0.416 e. The highest BCUT2D eigenvalue weighted by Gasteiger charge is 2.30. The molecule has 2 aromatic rings. The van der Waals surface area contributed by atoms with Gasteiger partial charge in [0.25, 0.3) is 0 Å². The van der Waals surface area contributed by atoms with E-state index < -0.39 is 17.8 Å². The summed E-state index contributed by atoms with van der Waals surface area (Å²) in [6.07, 6.45) is -1.90. The molecule has 2 amide bonds. The number of carbonyl (C=O) groups excluding carboxylic acids is 1. The number of nitrogens with one attached hydrogen (secondary N) is 2. The number of hydrogen-bond donors (Lipinski definition) is 2. The van der Waals surface area contributed by atoms with E-state index in [0.29, 0.717) is 12.2 Å². The van der Waals surface area contributed by atoms with E-state index in [2.05, 4.69) is 20.5 Å². The third kappa shape index (κ3) is 4.40. The molecular weight excluding hydrogens is 333 g/mol. The van der Waals surface area contributed by atoms with E-state index in [-0.39, 0.29) is 6.04 Å². The molecule has 0 aliphatic carbocycles. The van der Waals surface area contributed by atoms with Crippen molar-refractivity contribution in [2.45, 2.75) is 18.6 Å². The van der Waals surface area contributed by atoms with Crippen LogP contribution in [-0.2, 0) is 6.18 Å². The molecule has 1 atom stereocenters. The van der Waals surface area contributed by atoms with Gasteiger partial charge >= 0.3 is 12.2 Å². The van der Waals surface area contributed by atoms with Crippen LogP contribution in [0.25, 0.3) is 0 Å². The van der Waals surface area contributed by atoms with Crippen molar-refractivity contribution in [3.8, 4) is 0 Å². The summed E-state index contributed by atoms with van der Waals surface area (Å²) in [5.74, 6) is 0.856. The molecule has 25 heavy (non-hydrogen) atoms. The van der Waals surface area contributed by atoms with E-state index in [1.807, 2.05) is 18.2 Å². The highest BCUT2D eigenvalue weighted by Crippen LogP contribution is 2.29. The van der Waals surface area contributed by atoms with E-state index in [1.165, 1.54) is 12.1 Å². The highest BCUT2D eigenvalue weighted by molar-refractivity contribution is 5.89. The van der Waals surface area contributed by atoms with Gasteiger partial charge in [0, 0.05) is 31.0 Å². The molecule has 2 N–H and O–H groups in total. The molecule has 1 aliphatic heterocycles. The predicted molar refractivity (Wildman–Crippen MR) is 88.5 cm³/mol. The second kappa shape index (κ2) is 7.00. The SMILES string of the molecule is O=C(Nc1ccc(C(F)(F)F)cc1)NC1CCN(c2ccccn2)C1. The molecule has 0 saturated carbocycles. The van der Waals surface area contributed by atoms with Crippen LogP contribution in [0, 0.1) is 0 Å². The number of alkyl halides is 3. The zero-order valence-corrected chi connectivity index (χ0v) is 13.3. The van der Waals surface area contributed by atoms with Gasteiger partial charge in [-0.3, -0.25) is 0 Å². The van der Waals surface area contributed by atoms with Crippen LogP contribution in [0.3, 0.4) is 0 Å². The van der Waals surface area contributed by atoms with Crippen LogP contribution in [0.2, 0.25) is 0 Å². The zero-order valence-electron chi connectivity index (χ0n) is 13.3. The van der Waals surface area contributed by atoms with Gasteiger partial charge in [0.1, 0.15) is 5.82 Å². The normalized spacial score (nSPS) is 17.4. The summed E-state index contributed by atoms with van der Waals surface area (Å²) in [4.78, 5) is 18.4. The number of anilines is 2. The fraction of sp³-hybridized carbons (Fsp3) is 0.294. The number of rotatable bonds is 3. The van der Waals surface area contributed by atoms with Crippen molar-refractivity contribution in [3.05, 3.63) is 54.2 Å². The summed E-state index contributed by atoms with van der Waals surface area (Å²) in [6, 6.07) is 9.51. The van der Waals surface area contributed by atoms with Crippen LogP contribution in [0.1, 0.15) is 12.0 Å². The topological polar surface area (TPSA) is 57.3 Å². The first-order chi connectivity index (χ1) is 11.9. The average molecular weight is 350 g/mol. The molecule has 1 unspecified atom stereocenters. The summed E-state index contributed by atoms with van der Waals surface area (Å²) in [6.45, 7) is 1.42. The third-order valence-corrected chi connectivity index (χ3v) is 3.97. The lowest BCUT2D eigenvalue weighted by molar-refractivity contribution is -0.137. The van der Waals surface area contributed by atoms with Gasteiger partial charge < -0.3 is 15.5 Å². The van der Waals surface area contributed by atoms with E-state index in [9.17, 15) is 18.0 Å². The van der Waals surface area contributed by atoms with Crippen molar-refractivity contribution in [1.82, 2.24) is 10.3 Å². The van der Waals surface area contributed by atoms with E-state index in [1.54, 1.807) is 6.20 Å². The van der Waals surface area contributed by atoms with Crippen LogP contribution in [-0.4, -0.2) is 30.1 Å². The van der Waals surface area contributed by atoms with Gasteiger partial charge in [-0.1, -0.05) is 6.07 Å². The summed E-state index contributed by atoms with van der Waals surface area (Å²) < 4.78 is 37.6. The van der Waals surface area contributed by atoms with Gasteiger partial charge in [-0.15, -0.1) is 0 Å². The summed E-state index contributed by atoms with van der Waals surface area (Å²) in [5, 5.41) is 5.38. The number of pyridine rings is 1. The monoisotopic (exact) mass is 350 g/mol. The number of hydrogen-bond acceptors (Lipinski definition) is 3. The molecule has 1 aromatic carbocycles. The minimum Gasteiger partial charge on any atom is -0.354 e. The van der Waals surface area contributed by atoms with Crippen LogP contribution in [0.4, 0.5) is 29.5 Å². The Morgan fingerprint density at radius 1 is 1.16 bits per heavy atom. The fourth-order valence-electron chi connectivity index (χ4n) is 2.72. The summed E-state index contributed by atoms with van der Waals surface area (Å²) in [7, 11) is 0. The Morgan fingerprint density at radius 2 is 1.92 bits per heavy atom. The predicted octanol–water partition coefficient (Wildman–Crippen LogP) is 3.50. The molecule has 5 nitrogen and oxygen atoms in total. The first-order valence-electron chi connectivity index (χ1n) is 7.82. The molecule has 0 spiro atoms. The Bertz CT molecular complexity index is 719. The minimum atomic E-state index is -4.39. The maximum absolute atomic E-state index is 12.5. The van der Waals surface area contributed by atoms with E-state index in [4.69, 9.17) is 0 Å². The number of halogens is 3. The van der Waals surface area contributed by atoms with Crippen LogP contribution in [0.15, 0.2) is 48.7 Å². The maximum Gasteiger partial charge on any atom is 0.416 e. The Balaban J connectivity index is 1.52. The van der Waals surface area contributed by atoms with Gasteiger partial charge in [-0.25, -0.2) is 9.78 Å². The van der Waals surface area contributed by atoms with Gasteiger partial charge in [0.15, 0.2) is 0 Å². The van der Waals surface area contributed by atoms with Crippen molar-refractivity contribution < 1.29 is 18.0 Å². The van der Waals surface area contributed by atoms with Crippen LogP contribution >= 0.6 is 0 Å². The second-order valence-electron chi connectivity index (χ2n) is 5.79. The lowest BCUT2D eigenvalue weighted by Gasteiger charge is -2.18. The standard InChI is InChI=1S/C17H17F3N4O/c18-17(19,20)12-4-6-13(7-5-12)22-16(25)23-14-8-10-24(11-14)15-3-1-2-9-21-15/h1-7,9,14H,8,10-11H2,(H2,22,23,25). The molecule has 3 rings (SSSR count).